The van der Waals surface area contributed by atoms with Crippen LogP contribution in [0.1, 0.15) is 49.4 Å². The first-order chi connectivity index (χ1) is 18.7. The molecule has 1 amide bonds. The Morgan fingerprint density at radius 1 is 1.13 bits per heavy atom. The molecule has 0 aliphatic rings. The summed E-state index contributed by atoms with van der Waals surface area (Å²) in [6, 6.07) is 17.4. The van der Waals surface area contributed by atoms with Crippen molar-refractivity contribution in [2.24, 2.45) is 5.92 Å². The van der Waals surface area contributed by atoms with Crippen LogP contribution < -0.4 is 10.3 Å². The summed E-state index contributed by atoms with van der Waals surface area (Å²) in [6.07, 6.45) is 0.434. The van der Waals surface area contributed by atoms with Gasteiger partial charge in [0.2, 0.25) is 0 Å². The van der Waals surface area contributed by atoms with E-state index in [0.29, 0.717) is 41.1 Å². The van der Waals surface area contributed by atoms with Crippen molar-refractivity contribution in [3.8, 4) is 11.4 Å². The van der Waals surface area contributed by atoms with E-state index in [0.717, 1.165) is 0 Å². The van der Waals surface area contributed by atoms with Crippen LogP contribution in [0.2, 0.25) is 5.02 Å². The van der Waals surface area contributed by atoms with Gasteiger partial charge in [0.15, 0.2) is 0 Å². The molecule has 202 valence electrons. The number of para-hydroxylation sites is 3. The summed E-state index contributed by atoms with van der Waals surface area (Å²) in [5.74, 6) is 0.502. The zero-order valence-electron chi connectivity index (χ0n) is 22.1. The maximum Gasteiger partial charge on any atom is 0.270 e. The largest absolute Gasteiger partial charge is 0.495 e. The minimum absolute atomic E-state index is 0.0219. The van der Waals surface area contributed by atoms with Gasteiger partial charge in [0.05, 0.1) is 45.3 Å². The SMILES string of the molecule is CCC(c1nc2ccccc2c(=O)n1-c1ccccc1OC)N(CC(C)C)C(=O)c1ccc([N+](=O)[O-])cc1Cl. The molecular weight excluding hydrogens is 520 g/mol. The number of benzene rings is 3. The minimum Gasteiger partial charge on any atom is -0.495 e. The summed E-state index contributed by atoms with van der Waals surface area (Å²) in [6.45, 7) is 6.20. The average molecular weight is 549 g/mol. The van der Waals surface area contributed by atoms with E-state index in [1.165, 1.54) is 29.9 Å². The number of halogens is 1. The van der Waals surface area contributed by atoms with Crippen LogP contribution in [0.5, 0.6) is 5.75 Å². The van der Waals surface area contributed by atoms with Crippen LogP contribution >= 0.6 is 11.6 Å². The third kappa shape index (κ3) is 5.49. The number of nitro benzene ring substituents is 1. The van der Waals surface area contributed by atoms with Gasteiger partial charge in [-0.05, 0) is 42.7 Å². The molecule has 1 aromatic heterocycles. The van der Waals surface area contributed by atoms with Gasteiger partial charge in [0.25, 0.3) is 17.2 Å². The molecule has 0 N–H and O–H groups in total. The number of non-ortho nitro benzene ring substituents is 1. The molecule has 0 spiro atoms. The smallest absolute Gasteiger partial charge is 0.270 e. The fourth-order valence-electron chi connectivity index (χ4n) is 4.65. The predicted molar refractivity (Wildman–Crippen MR) is 151 cm³/mol. The summed E-state index contributed by atoms with van der Waals surface area (Å²) < 4.78 is 7.09. The van der Waals surface area contributed by atoms with Crippen molar-refractivity contribution < 1.29 is 14.5 Å². The molecule has 0 saturated carbocycles. The van der Waals surface area contributed by atoms with Crippen molar-refractivity contribution in [3.63, 3.8) is 0 Å². The maximum absolute atomic E-state index is 14.0. The Labute approximate surface area is 230 Å². The van der Waals surface area contributed by atoms with Crippen LogP contribution in [0.15, 0.2) is 71.5 Å². The number of methoxy groups -OCH3 is 1. The second kappa shape index (κ2) is 11.7. The number of hydrogen-bond acceptors (Lipinski definition) is 6. The number of rotatable bonds is 9. The van der Waals surface area contributed by atoms with E-state index in [2.05, 4.69) is 0 Å². The first-order valence-electron chi connectivity index (χ1n) is 12.6. The Morgan fingerprint density at radius 2 is 1.82 bits per heavy atom. The van der Waals surface area contributed by atoms with Crippen LogP contribution in [0.25, 0.3) is 16.6 Å². The topological polar surface area (TPSA) is 108 Å². The number of fused-ring (bicyclic) bond motifs is 1. The molecule has 10 heteroatoms. The third-order valence-corrected chi connectivity index (χ3v) is 6.72. The molecule has 0 fully saturated rings. The van der Waals surface area contributed by atoms with Crippen molar-refractivity contribution in [3.05, 3.63) is 104 Å². The van der Waals surface area contributed by atoms with Crippen LogP contribution in [0, 0.1) is 16.0 Å². The molecule has 1 atom stereocenters. The van der Waals surface area contributed by atoms with Gasteiger partial charge in [-0.1, -0.05) is 56.6 Å². The number of aromatic nitrogens is 2. The van der Waals surface area contributed by atoms with Gasteiger partial charge in [-0.15, -0.1) is 0 Å². The zero-order valence-corrected chi connectivity index (χ0v) is 22.9. The van der Waals surface area contributed by atoms with Crippen LogP contribution in [-0.4, -0.2) is 38.9 Å². The molecule has 4 aromatic rings. The van der Waals surface area contributed by atoms with Gasteiger partial charge in [0.1, 0.15) is 11.6 Å². The van der Waals surface area contributed by atoms with Crippen molar-refractivity contribution in [2.75, 3.05) is 13.7 Å². The Hall–Kier alpha value is -4.24. The summed E-state index contributed by atoms with van der Waals surface area (Å²) in [7, 11) is 1.53. The molecule has 0 aliphatic heterocycles. The number of carbonyl (C=O) groups excluding carboxylic acids is 1. The van der Waals surface area contributed by atoms with E-state index in [9.17, 15) is 19.7 Å². The second-order valence-electron chi connectivity index (χ2n) is 9.50. The van der Waals surface area contributed by atoms with Crippen molar-refractivity contribution in [1.82, 2.24) is 14.5 Å². The van der Waals surface area contributed by atoms with Gasteiger partial charge in [-0.3, -0.25) is 24.3 Å². The van der Waals surface area contributed by atoms with E-state index in [1.807, 2.05) is 26.8 Å². The van der Waals surface area contributed by atoms with E-state index in [4.69, 9.17) is 21.3 Å². The molecule has 0 aliphatic carbocycles. The van der Waals surface area contributed by atoms with Crippen molar-refractivity contribution in [2.45, 2.75) is 33.2 Å². The highest BCUT2D eigenvalue weighted by atomic mass is 35.5. The van der Waals surface area contributed by atoms with E-state index in [1.54, 1.807) is 47.4 Å². The summed E-state index contributed by atoms with van der Waals surface area (Å²) in [4.78, 5) is 45.2. The number of ether oxygens (including phenoxy) is 1. The third-order valence-electron chi connectivity index (χ3n) is 6.41. The molecule has 3 aromatic carbocycles. The number of nitro groups is 1. The van der Waals surface area contributed by atoms with Crippen LogP contribution in [0.3, 0.4) is 0 Å². The van der Waals surface area contributed by atoms with Gasteiger partial charge in [0, 0.05) is 18.7 Å². The lowest BCUT2D eigenvalue weighted by molar-refractivity contribution is -0.384. The lowest BCUT2D eigenvalue weighted by atomic mass is 10.0. The highest BCUT2D eigenvalue weighted by Gasteiger charge is 2.32. The van der Waals surface area contributed by atoms with Crippen LogP contribution in [-0.2, 0) is 0 Å². The van der Waals surface area contributed by atoms with Gasteiger partial charge in [-0.2, -0.15) is 0 Å². The normalized spacial score (nSPS) is 11.9. The molecule has 0 saturated heterocycles. The fourth-order valence-corrected chi connectivity index (χ4v) is 4.91. The van der Waals surface area contributed by atoms with Gasteiger partial charge < -0.3 is 9.64 Å². The number of amides is 1. The van der Waals surface area contributed by atoms with E-state index < -0.39 is 16.9 Å². The standard InChI is InChI=1S/C29H29ClN4O5/c1-5-24(32(17-18(2)3)28(35)20-15-14-19(34(37)38)16-22(20)30)27-31-23-11-7-6-10-21(23)29(36)33(27)25-12-8-9-13-26(25)39-4/h6-16,18,24H,5,17H2,1-4H3. The molecule has 1 unspecified atom stereocenters. The molecule has 9 nitrogen and oxygen atoms in total. The Balaban J connectivity index is 1.97. The minimum atomic E-state index is -0.631. The average Bonchev–Trinajstić information content (AvgIpc) is 2.92. The zero-order chi connectivity index (χ0) is 28.3. The Bertz CT molecular complexity index is 1600. The van der Waals surface area contributed by atoms with Gasteiger partial charge in [-0.25, -0.2) is 4.98 Å². The predicted octanol–water partition coefficient (Wildman–Crippen LogP) is 6.21. The molecule has 1 heterocycles. The van der Waals surface area contributed by atoms with Gasteiger partial charge >= 0.3 is 0 Å². The summed E-state index contributed by atoms with van der Waals surface area (Å²) >= 11 is 6.37. The number of carbonyl (C=O) groups is 1. The monoisotopic (exact) mass is 548 g/mol. The lowest BCUT2D eigenvalue weighted by Crippen LogP contribution is -2.40. The van der Waals surface area contributed by atoms with Crippen molar-refractivity contribution in [1.29, 1.82) is 0 Å². The maximum atomic E-state index is 14.0. The fraction of sp³-hybridized carbons (Fsp3) is 0.276. The highest BCUT2D eigenvalue weighted by Crippen LogP contribution is 2.32. The number of hydrogen-bond donors (Lipinski definition) is 0. The van der Waals surface area contributed by atoms with Crippen molar-refractivity contribution >= 4 is 34.1 Å². The molecule has 0 radical (unpaired) electrons. The lowest BCUT2D eigenvalue weighted by Gasteiger charge is -2.34. The quantitative estimate of drug-likeness (QED) is 0.182. The number of nitrogens with zero attached hydrogens (tertiary/aromatic N) is 4. The second-order valence-corrected chi connectivity index (χ2v) is 9.90. The summed E-state index contributed by atoms with van der Waals surface area (Å²) in [5.41, 5.74) is 0.645. The molecule has 0 bridgehead atoms. The first kappa shape index (κ1) is 27.8. The first-order valence-corrected chi connectivity index (χ1v) is 13.0. The van der Waals surface area contributed by atoms with E-state index >= 15 is 0 Å². The Morgan fingerprint density at radius 3 is 2.46 bits per heavy atom. The highest BCUT2D eigenvalue weighted by molar-refractivity contribution is 6.34. The molecule has 39 heavy (non-hydrogen) atoms. The van der Waals surface area contributed by atoms with E-state index in [-0.39, 0.29) is 27.8 Å². The van der Waals surface area contributed by atoms with Crippen LogP contribution in [0.4, 0.5) is 5.69 Å². The molecular formula is C29H29ClN4O5. The Kier molecular flexibility index (Phi) is 8.30. The molecule has 4 rings (SSSR count). The summed E-state index contributed by atoms with van der Waals surface area (Å²) in [5, 5.41) is 11.6.